The van der Waals surface area contributed by atoms with Crippen LogP contribution in [-0.2, 0) is 17.8 Å². The Balaban J connectivity index is 0.00000276. The second-order valence-corrected chi connectivity index (χ2v) is 11.9. The molecular formula is C33H37FN6O. The number of nitrogens with zero attached hydrogens (tertiary/aromatic N) is 6. The Bertz CT molecular complexity index is 1580. The summed E-state index contributed by atoms with van der Waals surface area (Å²) in [6.07, 6.45) is 6.93. The van der Waals surface area contributed by atoms with Gasteiger partial charge in [-0.15, -0.1) is 5.10 Å². The Morgan fingerprint density at radius 3 is 2.46 bits per heavy atom. The number of benzene rings is 3. The van der Waals surface area contributed by atoms with Gasteiger partial charge in [-0.25, -0.2) is 4.39 Å². The number of amides is 1. The number of carbonyl (C=O) groups excluding carboxylic acids is 1. The summed E-state index contributed by atoms with van der Waals surface area (Å²) in [6.45, 7) is 3.40. The second kappa shape index (κ2) is 9.94. The minimum atomic E-state index is -0.618. The van der Waals surface area contributed by atoms with Gasteiger partial charge in [0.2, 0.25) is 5.91 Å². The predicted octanol–water partition coefficient (Wildman–Crippen LogP) is 5.52. The maximum absolute atomic E-state index is 14.2. The summed E-state index contributed by atoms with van der Waals surface area (Å²) in [7, 11) is 0. The average Bonchev–Trinajstić information content (AvgIpc) is 3.52. The van der Waals surface area contributed by atoms with Gasteiger partial charge in [0.05, 0.1) is 18.9 Å². The molecule has 3 heterocycles. The number of rotatable bonds is 6. The minimum absolute atomic E-state index is 0. The van der Waals surface area contributed by atoms with Crippen LogP contribution in [0.25, 0.3) is 10.8 Å². The van der Waals surface area contributed by atoms with E-state index in [0.717, 1.165) is 43.7 Å². The predicted molar refractivity (Wildman–Crippen MR) is 158 cm³/mol. The van der Waals surface area contributed by atoms with Gasteiger partial charge >= 0.3 is 0 Å². The summed E-state index contributed by atoms with van der Waals surface area (Å²) >= 11 is 0. The zero-order valence-electron chi connectivity index (χ0n) is 22.5. The van der Waals surface area contributed by atoms with Crippen molar-refractivity contribution in [2.24, 2.45) is 0 Å². The lowest BCUT2D eigenvalue weighted by molar-refractivity contribution is -0.134. The van der Waals surface area contributed by atoms with Crippen molar-refractivity contribution in [3.05, 3.63) is 89.5 Å². The van der Waals surface area contributed by atoms with Gasteiger partial charge in [0.1, 0.15) is 11.4 Å². The SMILES string of the molecule is C.O=C1N(CCn2cc(C3CC3)nn2)CN(c2ccc(F)cc2)C12CCN([C@@H]1Cc3cccc4cccc1c34)CC2. The molecule has 41 heavy (non-hydrogen) atoms. The highest BCUT2D eigenvalue weighted by molar-refractivity contribution is 5.94. The Morgan fingerprint density at radius 2 is 1.71 bits per heavy atom. The van der Waals surface area contributed by atoms with E-state index in [-0.39, 0.29) is 19.2 Å². The zero-order chi connectivity index (χ0) is 26.8. The highest BCUT2D eigenvalue weighted by Crippen LogP contribution is 2.45. The Labute approximate surface area is 240 Å². The molecule has 1 amide bonds. The summed E-state index contributed by atoms with van der Waals surface area (Å²) in [4.78, 5) is 21.0. The van der Waals surface area contributed by atoms with Gasteiger partial charge in [0.25, 0.3) is 0 Å². The molecule has 4 aromatic rings. The van der Waals surface area contributed by atoms with Crippen LogP contribution >= 0.6 is 0 Å². The molecule has 2 aliphatic carbocycles. The van der Waals surface area contributed by atoms with E-state index in [0.29, 0.717) is 31.7 Å². The number of aromatic nitrogens is 3. The molecule has 0 N–H and O–H groups in total. The van der Waals surface area contributed by atoms with E-state index in [1.807, 2.05) is 27.9 Å². The molecule has 2 saturated heterocycles. The van der Waals surface area contributed by atoms with Crippen molar-refractivity contribution in [3.63, 3.8) is 0 Å². The molecule has 1 saturated carbocycles. The van der Waals surface area contributed by atoms with E-state index >= 15 is 0 Å². The van der Waals surface area contributed by atoms with Crippen LogP contribution in [0.1, 0.15) is 61.9 Å². The fourth-order valence-electron chi connectivity index (χ4n) is 7.35. The van der Waals surface area contributed by atoms with Gasteiger partial charge in [-0.2, -0.15) is 0 Å². The molecule has 0 radical (unpaired) electrons. The number of hydrogen-bond donors (Lipinski definition) is 0. The monoisotopic (exact) mass is 552 g/mol. The maximum Gasteiger partial charge on any atom is 0.250 e. The number of halogens is 1. The van der Waals surface area contributed by atoms with Crippen LogP contribution in [0.5, 0.6) is 0 Å². The molecule has 2 aliphatic heterocycles. The standard InChI is InChI=1S/C32H33FN6O.CH4/c33-25-9-11-26(12-10-25)39-21-37(17-18-38-20-28(34-35-38)22-7-8-22)31(40)32(39)13-15-36(16-14-32)29-19-24-5-1-3-23-4-2-6-27(29)30(23)24;/h1-6,9-12,20,22,29H,7-8,13-19,21H2;1H4/t29-;/m1./s1. The summed E-state index contributed by atoms with van der Waals surface area (Å²) < 4.78 is 15.7. The zero-order valence-corrected chi connectivity index (χ0v) is 22.5. The topological polar surface area (TPSA) is 57.5 Å². The first kappa shape index (κ1) is 26.1. The van der Waals surface area contributed by atoms with E-state index in [9.17, 15) is 9.18 Å². The van der Waals surface area contributed by atoms with Crippen molar-refractivity contribution in [2.45, 2.75) is 63.6 Å². The molecule has 0 bridgehead atoms. The Kier molecular flexibility index (Phi) is 6.34. The quantitative estimate of drug-likeness (QED) is 0.315. The fourth-order valence-corrected chi connectivity index (χ4v) is 7.35. The first-order valence-electron chi connectivity index (χ1n) is 14.6. The van der Waals surface area contributed by atoms with Crippen molar-refractivity contribution in [1.29, 1.82) is 0 Å². The normalized spacial score (nSPS) is 21.7. The third kappa shape index (κ3) is 4.31. The lowest BCUT2D eigenvalue weighted by Crippen LogP contribution is -2.57. The van der Waals surface area contributed by atoms with Gasteiger partial charge in [0.15, 0.2) is 0 Å². The number of anilines is 1. The molecule has 8 heteroatoms. The minimum Gasteiger partial charge on any atom is -0.339 e. The van der Waals surface area contributed by atoms with Gasteiger partial charge in [0, 0.05) is 43.5 Å². The largest absolute Gasteiger partial charge is 0.339 e. The van der Waals surface area contributed by atoms with Gasteiger partial charge in [-0.3, -0.25) is 14.4 Å². The Morgan fingerprint density at radius 1 is 0.951 bits per heavy atom. The molecule has 1 spiro atoms. The third-order valence-electron chi connectivity index (χ3n) is 9.66. The molecular weight excluding hydrogens is 515 g/mol. The molecule has 1 aromatic heterocycles. The summed E-state index contributed by atoms with van der Waals surface area (Å²) in [6, 6.07) is 20.2. The molecule has 1 atom stereocenters. The van der Waals surface area contributed by atoms with Crippen molar-refractivity contribution < 1.29 is 9.18 Å². The molecule has 0 unspecified atom stereocenters. The summed E-state index contributed by atoms with van der Waals surface area (Å²) in [5, 5.41) is 11.4. The highest BCUT2D eigenvalue weighted by atomic mass is 19.1. The van der Waals surface area contributed by atoms with Crippen LogP contribution in [0.3, 0.4) is 0 Å². The van der Waals surface area contributed by atoms with Crippen LogP contribution in [0.4, 0.5) is 10.1 Å². The van der Waals surface area contributed by atoms with Crippen LogP contribution in [0, 0.1) is 5.82 Å². The third-order valence-corrected chi connectivity index (χ3v) is 9.66. The van der Waals surface area contributed by atoms with Crippen LogP contribution in [0.2, 0.25) is 0 Å². The summed E-state index contributed by atoms with van der Waals surface area (Å²) in [5.74, 6) is 0.475. The van der Waals surface area contributed by atoms with Crippen molar-refractivity contribution in [2.75, 3.05) is 31.2 Å². The molecule has 3 aromatic carbocycles. The van der Waals surface area contributed by atoms with E-state index in [4.69, 9.17) is 0 Å². The second-order valence-electron chi connectivity index (χ2n) is 11.9. The number of piperidine rings is 1. The summed E-state index contributed by atoms with van der Waals surface area (Å²) in [5.41, 5.74) is 4.19. The highest BCUT2D eigenvalue weighted by Gasteiger charge is 2.54. The van der Waals surface area contributed by atoms with E-state index < -0.39 is 5.54 Å². The first-order valence-corrected chi connectivity index (χ1v) is 14.6. The van der Waals surface area contributed by atoms with Gasteiger partial charge in [-0.1, -0.05) is 49.0 Å². The number of hydrogen-bond acceptors (Lipinski definition) is 5. The number of carbonyl (C=O) groups is 1. The van der Waals surface area contributed by atoms with Crippen molar-refractivity contribution >= 4 is 22.4 Å². The smallest absolute Gasteiger partial charge is 0.250 e. The molecule has 3 fully saturated rings. The molecule has 8 rings (SSSR count). The number of likely N-dealkylation sites (tertiary alicyclic amines) is 1. The van der Waals surface area contributed by atoms with Crippen molar-refractivity contribution in [3.8, 4) is 0 Å². The maximum atomic E-state index is 14.2. The molecule has 7 nitrogen and oxygen atoms in total. The van der Waals surface area contributed by atoms with Crippen LogP contribution in [0.15, 0.2) is 66.9 Å². The molecule has 4 aliphatic rings. The van der Waals surface area contributed by atoms with Gasteiger partial charge < -0.3 is 9.80 Å². The van der Waals surface area contributed by atoms with Crippen molar-refractivity contribution in [1.82, 2.24) is 24.8 Å². The van der Waals surface area contributed by atoms with E-state index in [1.54, 1.807) is 0 Å². The van der Waals surface area contributed by atoms with Gasteiger partial charge in [-0.05, 0) is 78.3 Å². The van der Waals surface area contributed by atoms with E-state index in [1.165, 1.54) is 46.9 Å². The molecule has 212 valence electrons. The Hall–Kier alpha value is -3.78. The van der Waals surface area contributed by atoms with E-state index in [2.05, 4.69) is 56.5 Å². The lowest BCUT2D eigenvalue weighted by Gasteiger charge is -2.45. The fraction of sp³-hybridized carbons (Fsp3) is 0.424. The first-order chi connectivity index (χ1) is 19.6. The lowest BCUT2D eigenvalue weighted by atomic mass is 9.84. The van der Waals surface area contributed by atoms with Crippen LogP contribution in [-0.4, -0.2) is 62.5 Å². The average molecular weight is 553 g/mol. The van der Waals surface area contributed by atoms with Crippen LogP contribution < -0.4 is 4.90 Å².